The van der Waals surface area contributed by atoms with E-state index in [4.69, 9.17) is 5.11 Å². The summed E-state index contributed by atoms with van der Waals surface area (Å²) >= 11 is 0. The molecule has 3 N–H and O–H groups in total. The predicted octanol–water partition coefficient (Wildman–Crippen LogP) is 4.80. The highest BCUT2D eigenvalue weighted by Crippen LogP contribution is 2.30. The molecule has 0 unspecified atom stereocenters. The highest BCUT2D eigenvalue weighted by atomic mass is 16.3. The summed E-state index contributed by atoms with van der Waals surface area (Å²) in [5.41, 5.74) is 5.52. The smallest absolute Gasteiger partial charge is 0.274 e. The molecule has 2 aromatic carbocycles. The van der Waals surface area contributed by atoms with Gasteiger partial charge in [-0.15, -0.1) is 0 Å². The van der Waals surface area contributed by atoms with Crippen molar-refractivity contribution in [1.29, 1.82) is 0 Å². The summed E-state index contributed by atoms with van der Waals surface area (Å²) in [7, 11) is 1.69. The summed E-state index contributed by atoms with van der Waals surface area (Å²) in [6.07, 6.45) is 3.29. The topological polar surface area (TPSA) is 120 Å². The van der Waals surface area contributed by atoms with E-state index in [-0.39, 0.29) is 29.4 Å². The highest BCUT2D eigenvalue weighted by Gasteiger charge is 2.22. The molecule has 2 aromatic heterocycles. The molecule has 4 aromatic rings. The molecule has 1 aliphatic rings. The van der Waals surface area contributed by atoms with Gasteiger partial charge in [0.05, 0.1) is 12.2 Å². The monoisotopic (exact) mass is 622 g/mol. The summed E-state index contributed by atoms with van der Waals surface area (Å²) in [5, 5.41) is 15.3. The van der Waals surface area contributed by atoms with E-state index in [0.29, 0.717) is 48.0 Å². The Kier molecular flexibility index (Phi) is 9.69. The number of anilines is 3. The molecule has 3 heterocycles. The Bertz CT molecular complexity index is 1770. The van der Waals surface area contributed by atoms with Gasteiger partial charge < -0.3 is 25.2 Å². The van der Waals surface area contributed by atoms with E-state index in [1.807, 2.05) is 49.4 Å². The highest BCUT2D eigenvalue weighted by molar-refractivity contribution is 6.05. The van der Waals surface area contributed by atoms with Crippen LogP contribution in [0.2, 0.25) is 0 Å². The minimum absolute atomic E-state index is 0.0000522. The molecular formula is C36H42N6O4. The predicted molar refractivity (Wildman–Crippen MR) is 182 cm³/mol. The summed E-state index contributed by atoms with van der Waals surface area (Å²) in [6, 6.07) is 18.5. The Hall–Kier alpha value is -4.80. The molecule has 1 fully saturated rings. The lowest BCUT2D eigenvalue weighted by Crippen LogP contribution is -2.49. The third kappa shape index (κ3) is 7.35. The fraction of sp³-hybridized carbons (Fsp3) is 0.333. The number of β-amino-alcohol motifs (C(OH)–C–C–N with tert-alkyl or cyclic N) is 1. The second-order valence-electron chi connectivity index (χ2n) is 12.7. The number of aromatic nitrogens is 2. The summed E-state index contributed by atoms with van der Waals surface area (Å²) in [4.78, 5) is 47.6. The summed E-state index contributed by atoms with van der Waals surface area (Å²) < 4.78 is 1.51. The molecule has 0 spiro atoms. The Balaban J connectivity index is 1.31. The number of hydrogen-bond donors (Lipinski definition) is 3. The van der Waals surface area contributed by atoms with Crippen LogP contribution in [0.5, 0.6) is 0 Å². The van der Waals surface area contributed by atoms with Crippen molar-refractivity contribution >= 4 is 29.0 Å². The molecule has 46 heavy (non-hydrogen) atoms. The van der Waals surface area contributed by atoms with Crippen molar-refractivity contribution in [1.82, 2.24) is 19.4 Å². The quantitative estimate of drug-likeness (QED) is 0.258. The molecule has 2 amide bonds. The van der Waals surface area contributed by atoms with E-state index in [0.717, 1.165) is 35.3 Å². The fourth-order valence-electron chi connectivity index (χ4n) is 5.58. The molecule has 10 heteroatoms. The normalized spacial score (nSPS) is 13.8. The van der Waals surface area contributed by atoms with Crippen LogP contribution in [-0.2, 0) is 12.5 Å². The first-order valence-electron chi connectivity index (χ1n) is 15.5. The van der Waals surface area contributed by atoms with Crippen molar-refractivity contribution in [3.63, 3.8) is 0 Å². The van der Waals surface area contributed by atoms with Crippen molar-refractivity contribution in [3.8, 4) is 11.1 Å². The van der Waals surface area contributed by atoms with Gasteiger partial charge in [-0.3, -0.25) is 19.3 Å². The zero-order chi connectivity index (χ0) is 33.0. The number of nitrogens with one attached hydrogen (secondary N) is 2. The van der Waals surface area contributed by atoms with Crippen LogP contribution in [-0.4, -0.2) is 75.6 Å². The van der Waals surface area contributed by atoms with Crippen molar-refractivity contribution in [3.05, 3.63) is 106 Å². The Morgan fingerprint density at radius 3 is 2.26 bits per heavy atom. The van der Waals surface area contributed by atoms with E-state index >= 15 is 0 Å². The summed E-state index contributed by atoms with van der Waals surface area (Å²) in [6.45, 7) is 11.7. The van der Waals surface area contributed by atoms with Crippen LogP contribution in [0.1, 0.15) is 52.6 Å². The standard InChI is InChI=1S/C36H42N6O4/c1-24-29(7-6-8-30(24)39-33(44)25-9-12-28(13-10-25)36(2,3)4)27-21-31(35(46)40(5)23-27)38-32-14-11-26(22-37-32)34(45)42-17-15-41(16-18-42)19-20-43/h6-14,21-23,43H,15-20H2,1-5H3,(H,37,38)(H,39,44). The fourth-order valence-corrected chi connectivity index (χ4v) is 5.58. The molecule has 1 saturated heterocycles. The van der Waals surface area contributed by atoms with Gasteiger partial charge in [-0.2, -0.15) is 0 Å². The maximum absolute atomic E-state index is 13.1. The molecule has 1 aliphatic heterocycles. The lowest BCUT2D eigenvalue weighted by atomic mass is 9.86. The average molecular weight is 623 g/mol. The second kappa shape index (κ2) is 13.7. The van der Waals surface area contributed by atoms with E-state index in [1.165, 1.54) is 10.8 Å². The molecule has 0 radical (unpaired) electrons. The van der Waals surface area contributed by atoms with E-state index < -0.39 is 0 Å². The Morgan fingerprint density at radius 2 is 1.63 bits per heavy atom. The van der Waals surface area contributed by atoms with Crippen molar-refractivity contribution in [2.75, 3.05) is 50.0 Å². The summed E-state index contributed by atoms with van der Waals surface area (Å²) in [5.74, 6) is 0.152. The number of aryl methyl sites for hydroxylation is 1. The lowest BCUT2D eigenvalue weighted by molar-refractivity contribution is 0.0614. The number of aliphatic hydroxyl groups is 1. The Labute approximate surface area is 269 Å². The van der Waals surface area contributed by atoms with E-state index in [2.05, 4.69) is 41.3 Å². The number of pyridine rings is 2. The van der Waals surface area contributed by atoms with Crippen LogP contribution in [0, 0.1) is 6.92 Å². The third-order valence-electron chi connectivity index (χ3n) is 8.44. The molecular weight excluding hydrogens is 580 g/mol. The van der Waals surface area contributed by atoms with Gasteiger partial charge in [-0.25, -0.2) is 4.98 Å². The minimum Gasteiger partial charge on any atom is -0.395 e. The van der Waals surface area contributed by atoms with Gasteiger partial charge in [0.2, 0.25) is 0 Å². The van der Waals surface area contributed by atoms with Crippen LogP contribution >= 0.6 is 0 Å². The molecule has 5 rings (SSSR count). The number of piperazine rings is 1. The molecule has 0 aliphatic carbocycles. The second-order valence-corrected chi connectivity index (χ2v) is 12.7. The van der Waals surface area contributed by atoms with Gasteiger partial charge in [-0.05, 0) is 65.4 Å². The van der Waals surface area contributed by atoms with Crippen LogP contribution in [0.4, 0.5) is 17.2 Å². The number of benzene rings is 2. The SMILES string of the molecule is Cc1c(NC(=O)c2ccc(C(C)(C)C)cc2)cccc1-c1cc(Nc2ccc(C(=O)N3CCN(CCO)CC3)cn2)c(=O)n(C)c1. The van der Waals surface area contributed by atoms with Crippen molar-refractivity contribution in [2.45, 2.75) is 33.1 Å². The molecule has 0 bridgehead atoms. The van der Waals surface area contributed by atoms with Gasteiger partial charge in [-0.1, -0.05) is 45.0 Å². The zero-order valence-electron chi connectivity index (χ0n) is 27.1. The van der Waals surface area contributed by atoms with Crippen LogP contribution < -0.4 is 16.2 Å². The van der Waals surface area contributed by atoms with Gasteiger partial charge in [0.25, 0.3) is 17.4 Å². The van der Waals surface area contributed by atoms with Crippen molar-refractivity contribution < 1.29 is 14.7 Å². The van der Waals surface area contributed by atoms with E-state index in [1.54, 1.807) is 36.3 Å². The number of carbonyl (C=O) groups is 2. The van der Waals surface area contributed by atoms with Crippen molar-refractivity contribution in [2.24, 2.45) is 7.05 Å². The van der Waals surface area contributed by atoms with Crippen LogP contribution in [0.3, 0.4) is 0 Å². The number of carbonyl (C=O) groups excluding carboxylic acids is 2. The first-order chi connectivity index (χ1) is 21.9. The zero-order valence-corrected chi connectivity index (χ0v) is 27.1. The Morgan fingerprint density at radius 1 is 0.935 bits per heavy atom. The van der Waals surface area contributed by atoms with Crippen LogP contribution in [0.25, 0.3) is 11.1 Å². The van der Waals surface area contributed by atoms with E-state index in [9.17, 15) is 14.4 Å². The minimum atomic E-state index is -0.229. The third-order valence-corrected chi connectivity index (χ3v) is 8.44. The lowest BCUT2D eigenvalue weighted by Gasteiger charge is -2.34. The number of hydrogen-bond acceptors (Lipinski definition) is 7. The largest absolute Gasteiger partial charge is 0.395 e. The molecule has 0 saturated carbocycles. The van der Waals surface area contributed by atoms with Gasteiger partial charge >= 0.3 is 0 Å². The maximum atomic E-state index is 13.1. The maximum Gasteiger partial charge on any atom is 0.274 e. The first kappa shape index (κ1) is 32.6. The first-order valence-corrected chi connectivity index (χ1v) is 15.5. The number of nitrogens with zero attached hydrogens (tertiary/aromatic N) is 4. The molecule has 10 nitrogen and oxygen atoms in total. The molecule has 0 atom stereocenters. The number of rotatable bonds is 8. The van der Waals surface area contributed by atoms with Gasteiger partial charge in [0, 0.05) is 69.0 Å². The number of amides is 2. The molecule has 240 valence electrons. The average Bonchev–Trinajstić information content (AvgIpc) is 3.04. The number of aliphatic hydroxyl groups excluding tert-OH is 1. The van der Waals surface area contributed by atoms with Gasteiger partial charge in [0.1, 0.15) is 11.5 Å². The van der Waals surface area contributed by atoms with Crippen LogP contribution in [0.15, 0.2) is 77.9 Å². The van der Waals surface area contributed by atoms with Gasteiger partial charge in [0.15, 0.2) is 0 Å².